The van der Waals surface area contributed by atoms with Gasteiger partial charge in [-0.1, -0.05) is 49.1 Å². The number of halogens is 2. The molecule has 1 aromatic heterocycles. The third-order valence-corrected chi connectivity index (χ3v) is 10.9. The maximum absolute atomic E-state index is 14.5. The number of anilines is 1. The molecule has 16 heteroatoms. The second-order valence-corrected chi connectivity index (χ2v) is 14.9. The van der Waals surface area contributed by atoms with E-state index < -0.39 is 46.1 Å². The third-order valence-electron chi connectivity index (χ3n) is 8.80. The summed E-state index contributed by atoms with van der Waals surface area (Å²) in [5.41, 5.74) is 2.93. The van der Waals surface area contributed by atoms with E-state index in [4.69, 9.17) is 21.1 Å². The van der Waals surface area contributed by atoms with Crippen LogP contribution in [0.25, 0.3) is 0 Å². The van der Waals surface area contributed by atoms with Crippen molar-refractivity contribution < 1.29 is 41.5 Å². The molecule has 0 N–H and O–H groups in total. The Morgan fingerprint density at radius 2 is 1.55 bits per heavy atom. The lowest BCUT2D eigenvalue weighted by Crippen LogP contribution is -2.34. The van der Waals surface area contributed by atoms with E-state index in [9.17, 15) is 32.0 Å². The zero-order valence-corrected chi connectivity index (χ0v) is 32.4. The number of carbonyl (C=O) groups is 4. The standard InChI is InChI=1S/C21H23ClFNO5.C16H22N4O3S/c1-2-3-6-9-28-19(25)12-29-18-11-17(16(23)10-15(18)22)24-20(26)13-7-4-5-8-14(13)21(24)27;1-6-19(7-2)16(21)20-10-17-15(18-20)24(22,23)14-12(4)8-11(3)9-13(14)5/h10-11H,2-9,12H2,1H3;8-10H,6-7H2,1-5H3. The molecule has 286 valence electrons. The van der Waals surface area contributed by atoms with Crippen molar-refractivity contribution in [3.8, 4) is 5.75 Å². The van der Waals surface area contributed by atoms with Crippen molar-refractivity contribution in [3.63, 3.8) is 0 Å². The van der Waals surface area contributed by atoms with Crippen LogP contribution in [0.3, 0.4) is 0 Å². The van der Waals surface area contributed by atoms with Crippen LogP contribution in [0.5, 0.6) is 5.75 Å². The molecule has 2 aromatic carbocycles. The van der Waals surface area contributed by atoms with Crippen LogP contribution in [0, 0.1) is 26.6 Å². The lowest BCUT2D eigenvalue weighted by atomic mass is 9.93. The van der Waals surface area contributed by atoms with E-state index in [0.29, 0.717) is 54.8 Å². The maximum Gasteiger partial charge on any atom is 0.346 e. The number of carbonyl (C=O) groups excluding carboxylic acids is 4. The largest absolute Gasteiger partial charge is 0.480 e. The average molecular weight is 774 g/mol. The van der Waals surface area contributed by atoms with Crippen LogP contribution in [-0.4, -0.2) is 78.2 Å². The summed E-state index contributed by atoms with van der Waals surface area (Å²) in [5, 5.41) is 3.48. The first-order valence-electron chi connectivity index (χ1n) is 17.6. The minimum atomic E-state index is -3.88. The summed E-state index contributed by atoms with van der Waals surface area (Å²) in [5.74, 6) is -2.40. The number of amides is 3. The van der Waals surface area contributed by atoms with E-state index in [1.165, 1.54) is 11.0 Å². The van der Waals surface area contributed by atoms with Crippen molar-refractivity contribution in [3.05, 3.63) is 69.3 Å². The number of unbranched alkanes of at least 4 members (excludes halogenated alkanes) is 2. The van der Waals surface area contributed by atoms with Crippen LogP contribution >= 0.6 is 11.6 Å². The first-order chi connectivity index (χ1) is 25.2. The third kappa shape index (κ3) is 9.30. The van der Waals surface area contributed by atoms with E-state index in [0.717, 1.165) is 59.6 Å². The van der Waals surface area contributed by atoms with E-state index >= 15 is 0 Å². The van der Waals surface area contributed by atoms with E-state index in [1.807, 2.05) is 27.7 Å². The molecule has 1 aliphatic heterocycles. The highest BCUT2D eigenvalue weighted by atomic mass is 35.5. The van der Waals surface area contributed by atoms with Crippen molar-refractivity contribution in [2.24, 2.45) is 0 Å². The van der Waals surface area contributed by atoms with Gasteiger partial charge in [-0.3, -0.25) is 9.59 Å². The number of ether oxygens (including phenoxy) is 2. The van der Waals surface area contributed by atoms with Crippen LogP contribution in [0.1, 0.15) is 82.4 Å². The lowest BCUT2D eigenvalue weighted by molar-refractivity contribution is -0.146. The van der Waals surface area contributed by atoms with Crippen LogP contribution in [-0.2, 0) is 29.0 Å². The van der Waals surface area contributed by atoms with Gasteiger partial charge in [-0.25, -0.2) is 32.3 Å². The predicted octanol–water partition coefficient (Wildman–Crippen LogP) is 6.68. The fourth-order valence-electron chi connectivity index (χ4n) is 6.26. The second-order valence-electron chi connectivity index (χ2n) is 12.7. The SMILES string of the molecule is CCCCCOC(=O)COc1cc(N2C(=O)C3=C(CCCC3)C2=O)c(F)cc1Cl.CCN(CC)C(=O)n1cnc(S(=O)(=O)c2c(C)cc(C)cc2C)n1. The topological polar surface area (TPSA) is 158 Å². The van der Waals surface area contributed by atoms with Gasteiger partial charge in [0.15, 0.2) is 6.61 Å². The fourth-order valence-corrected chi connectivity index (χ4v) is 7.99. The van der Waals surface area contributed by atoms with Crippen LogP contribution in [0.2, 0.25) is 5.02 Å². The summed E-state index contributed by atoms with van der Waals surface area (Å²) >= 11 is 6.02. The molecule has 0 bridgehead atoms. The van der Waals surface area contributed by atoms with Gasteiger partial charge in [0.05, 0.1) is 22.2 Å². The first kappa shape index (κ1) is 41.1. The molecule has 0 spiro atoms. The number of esters is 1. The first-order valence-corrected chi connectivity index (χ1v) is 19.4. The molecule has 2 heterocycles. The summed E-state index contributed by atoms with van der Waals surface area (Å²) < 4.78 is 51.7. The summed E-state index contributed by atoms with van der Waals surface area (Å²) in [6.07, 6.45) is 6.54. The van der Waals surface area contributed by atoms with E-state index in [-0.39, 0.29) is 26.5 Å². The molecular formula is C37H45ClFN5O8S. The predicted molar refractivity (Wildman–Crippen MR) is 195 cm³/mol. The number of hydrogen-bond acceptors (Lipinski definition) is 10. The van der Waals surface area contributed by atoms with Crippen molar-refractivity contribution in [2.45, 2.75) is 96.5 Å². The summed E-state index contributed by atoms with van der Waals surface area (Å²) in [6.45, 7) is 12.0. The summed E-state index contributed by atoms with van der Waals surface area (Å²) in [4.78, 5) is 55.8. The number of hydrogen-bond donors (Lipinski definition) is 0. The minimum Gasteiger partial charge on any atom is -0.480 e. The normalized spacial score (nSPS) is 14.2. The van der Waals surface area contributed by atoms with Gasteiger partial charge in [0.2, 0.25) is 9.84 Å². The van der Waals surface area contributed by atoms with Crippen molar-refractivity contribution in [2.75, 3.05) is 31.2 Å². The highest BCUT2D eigenvalue weighted by Crippen LogP contribution is 2.39. The molecule has 13 nitrogen and oxygen atoms in total. The molecule has 0 radical (unpaired) electrons. The Bertz CT molecular complexity index is 1980. The zero-order chi connectivity index (χ0) is 39.0. The van der Waals surface area contributed by atoms with Gasteiger partial charge in [-0.05, 0) is 83.9 Å². The van der Waals surface area contributed by atoms with Gasteiger partial charge in [-0.15, -0.1) is 5.10 Å². The monoisotopic (exact) mass is 773 g/mol. The molecule has 0 saturated carbocycles. The Kier molecular flexibility index (Phi) is 13.9. The minimum absolute atomic E-state index is 0.000883. The molecule has 3 aromatic rings. The summed E-state index contributed by atoms with van der Waals surface area (Å²) in [7, 11) is -3.88. The molecule has 3 amide bonds. The van der Waals surface area contributed by atoms with Crippen LogP contribution < -0.4 is 9.64 Å². The number of imide groups is 1. The van der Waals surface area contributed by atoms with Crippen molar-refractivity contribution >= 4 is 50.9 Å². The molecular weight excluding hydrogens is 729 g/mol. The fraction of sp³-hybridized carbons (Fsp3) is 0.459. The van der Waals surface area contributed by atoms with Gasteiger partial charge in [-0.2, -0.15) is 4.68 Å². The number of aryl methyl sites for hydroxylation is 3. The Balaban J connectivity index is 0.000000241. The van der Waals surface area contributed by atoms with Crippen molar-refractivity contribution in [1.29, 1.82) is 0 Å². The molecule has 53 heavy (non-hydrogen) atoms. The molecule has 0 unspecified atom stereocenters. The Labute approximate surface area is 314 Å². The van der Waals surface area contributed by atoms with Crippen LogP contribution in [0.4, 0.5) is 14.9 Å². The molecule has 5 rings (SSSR count). The van der Waals surface area contributed by atoms with E-state index in [1.54, 1.807) is 26.0 Å². The molecule has 1 aliphatic carbocycles. The number of sulfone groups is 1. The quantitative estimate of drug-likeness (QED) is 0.110. The van der Waals surface area contributed by atoms with Gasteiger partial charge in [0.1, 0.15) is 17.9 Å². The Morgan fingerprint density at radius 3 is 2.11 bits per heavy atom. The number of nitrogens with zero attached hydrogens (tertiary/aromatic N) is 5. The Morgan fingerprint density at radius 1 is 0.943 bits per heavy atom. The van der Waals surface area contributed by atoms with E-state index in [2.05, 4.69) is 10.1 Å². The molecule has 0 fully saturated rings. The highest BCUT2D eigenvalue weighted by molar-refractivity contribution is 7.91. The number of aromatic nitrogens is 3. The molecule has 0 atom stereocenters. The van der Waals surface area contributed by atoms with Crippen LogP contribution in [0.15, 0.2) is 51.8 Å². The van der Waals surface area contributed by atoms with Gasteiger partial charge in [0.25, 0.3) is 17.0 Å². The van der Waals surface area contributed by atoms with Gasteiger partial charge < -0.3 is 14.4 Å². The Hall–Kier alpha value is -4.63. The molecule has 2 aliphatic rings. The lowest BCUT2D eigenvalue weighted by Gasteiger charge is -2.18. The van der Waals surface area contributed by atoms with Gasteiger partial charge in [0, 0.05) is 30.3 Å². The maximum atomic E-state index is 14.5. The average Bonchev–Trinajstić information content (AvgIpc) is 3.71. The highest BCUT2D eigenvalue weighted by Gasteiger charge is 2.41. The number of benzene rings is 2. The summed E-state index contributed by atoms with van der Waals surface area (Å²) in [6, 6.07) is 5.36. The zero-order valence-electron chi connectivity index (χ0n) is 30.8. The smallest absolute Gasteiger partial charge is 0.346 e. The van der Waals surface area contributed by atoms with Gasteiger partial charge >= 0.3 is 12.0 Å². The van der Waals surface area contributed by atoms with Crippen molar-refractivity contribution in [1.82, 2.24) is 19.7 Å². The second kappa shape index (κ2) is 17.9. The number of rotatable bonds is 12. The molecule has 0 saturated heterocycles.